The number of aromatic nitrogens is 1. The summed E-state index contributed by atoms with van der Waals surface area (Å²) in [6.45, 7) is 1.97. The number of benzene rings is 1. The summed E-state index contributed by atoms with van der Waals surface area (Å²) in [4.78, 5) is 4.16. The Morgan fingerprint density at radius 3 is 2.50 bits per heavy atom. The summed E-state index contributed by atoms with van der Waals surface area (Å²) < 4.78 is 0. The van der Waals surface area contributed by atoms with Gasteiger partial charge in [0.15, 0.2) is 0 Å². The van der Waals surface area contributed by atoms with E-state index in [1.165, 1.54) is 0 Å². The number of aliphatic hydroxyl groups excluding tert-OH is 1. The molecule has 1 aromatic carbocycles. The molecular formula is C13H12ClNO. The van der Waals surface area contributed by atoms with Gasteiger partial charge in [-0.1, -0.05) is 23.7 Å². The molecule has 2 nitrogen and oxygen atoms in total. The molecule has 2 rings (SSSR count). The Labute approximate surface area is 99.5 Å². The predicted molar refractivity (Wildman–Crippen MR) is 64.5 cm³/mol. The van der Waals surface area contributed by atoms with Gasteiger partial charge in [-0.15, -0.1) is 0 Å². The molecule has 1 N–H and O–H groups in total. The lowest BCUT2D eigenvalue weighted by Gasteiger charge is -2.10. The first-order chi connectivity index (χ1) is 7.66. The van der Waals surface area contributed by atoms with E-state index < -0.39 is 6.10 Å². The van der Waals surface area contributed by atoms with Gasteiger partial charge in [0.1, 0.15) is 6.10 Å². The number of halogens is 1. The van der Waals surface area contributed by atoms with Crippen LogP contribution in [-0.4, -0.2) is 10.1 Å². The van der Waals surface area contributed by atoms with E-state index in [9.17, 15) is 5.11 Å². The van der Waals surface area contributed by atoms with E-state index in [1.807, 2.05) is 19.1 Å². The molecule has 1 aromatic heterocycles. The van der Waals surface area contributed by atoms with Crippen LogP contribution in [0, 0.1) is 6.92 Å². The highest BCUT2D eigenvalue weighted by Gasteiger charge is 2.11. The minimum atomic E-state index is -0.697. The zero-order valence-electron chi connectivity index (χ0n) is 8.89. The maximum Gasteiger partial charge on any atom is 0.121 e. The van der Waals surface area contributed by atoms with Crippen molar-refractivity contribution in [2.45, 2.75) is 13.0 Å². The van der Waals surface area contributed by atoms with E-state index in [1.54, 1.807) is 30.5 Å². The van der Waals surface area contributed by atoms with E-state index in [4.69, 9.17) is 11.6 Å². The second-order valence-corrected chi connectivity index (χ2v) is 4.15. The highest BCUT2D eigenvalue weighted by molar-refractivity contribution is 6.30. The van der Waals surface area contributed by atoms with Crippen LogP contribution in [0.3, 0.4) is 0 Å². The van der Waals surface area contributed by atoms with Crippen molar-refractivity contribution in [1.29, 1.82) is 0 Å². The normalized spacial score (nSPS) is 12.4. The summed E-state index contributed by atoms with van der Waals surface area (Å²) in [5, 5.41) is 10.8. The molecule has 2 aromatic rings. The smallest absolute Gasteiger partial charge is 0.121 e. The van der Waals surface area contributed by atoms with Gasteiger partial charge in [-0.2, -0.15) is 0 Å². The van der Waals surface area contributed by atoms with Gasteiger partial charge < -0.3 is 5.11 Å². The Bertz CT molecular complexity index is 482. The van der Waals surface area contributed by atoms with E-state index >= 15 is 0 Å². The molecule has 1 unspecified atom stereocenters. The van der Waals surface area contributed by atoms with Gasteiger partial charge in [0.25, 0.3) is 0 Å². The van der Waals surface area contributed by atoms with Gasteiger partial charge in [-0.3, -0.25) is 4.98 Å². The largest absolute Gasteiger partial charge is 0.382 e. The van der Waals surface area contributed by atoms with Crippen LogP contribution in [0.5, 0.6) is 0 Å². The van der Waals surface area contributed by atoms with Gasteiger partial charge in [0, 0.05) is 11.2 Å². The fraction of sp³-hybridized carbons (Fsp3) is 0.154. The van der Waals surface area contributed by atoms with Gasteiger partial charge in [-0.05, 0) is 42.3 Å². The maximum absolute atomic E-state index is 10.1. The molecule has 0 bridgehead atoms. The molecule has 0 radical (unpaired) electrons. The van der Waals surface area contributed by atoms with Crippen LogP contribution < -0.4 is 0 Å². The molecule has 0 saturated carbocycles. The second-order valence-electron chi connectivity index (χ2n) is 3.71. The van der Waals surface area contributed by atoms with Crippen molar-refractivity contribution in [3.63, 3.8) is 0 Å². The lowest BCUT2D eigenvalue weighted by Crippen LogP contribution is -2.02. The Morgan fingerprint density at radius 2 is 1.88 bits per heavy atom. The summed E-state index contributed by atoms with van der Waals surface area (Å²) in [7, 11) is 0. The van der Waals surface area contributed by atoms with E-state index in [2.05, 4.69) is 4.98 Å². The number of rotatable bonds is 2. The summed E-state index contributed by atoms with van der Waals surface area (Å²) in [5.74, 6) is 0. The van der Waals surface area contributed by atoms with Gasteiger partial charge in [0.05, 0.1) is 5.69 Å². The van der Waals surface area contributed by atoms with Crippen molar-refractivity contribution < 1.29 is 5.11 Å². The number of nitrogens with zero attached hydrogens (tertiary/aromatic N) is 1. The maximum atomic E-state index is 10.1. The molecule has 1 heterocycles. The molecule has 3 heteroatoms. The van der Waals surface area contributed by atoms with Crippen molar-refractivity contribution >= 4 is 11.6 Å². The minimum Gasteiger partial charge on any atom is -0.382 e. The van der Waals surface area contributed by atoms with Crippen molar-refractivity contribution in [3.05, 3.63) is 64.4 Å². The van der Waals surface area contributed by atoms with Crippen molar-refractivity contribution in [2.24, 2.45) is 0 Å². The van der Waals surface area contributed by atoms with Crippen LogP contribution in [0.1, 0.15) is 22.9 Å². The average molecular weight is 234 g/mol. The number of pyridine rings is 1. The zero-order valence-corrected chi connectivity index (χ0v) is 9.65. The van der Waals surface area contributed by atoms with Crippen LogP contribution in [0.25, 0.3) is 0 Å². The predicted octanol–water partition coefficient (Wildman–Crippen LogP) is 3.13. The molecule has 16 heavy (non-hydrogen) atoms. The molecule has 0 aliphatic heterocycles. The lowest BCUT2D eigenvalue weighted by molar-refractivity contribution is 0.215. The fourth-order valence-corrected chi connectivity index (χ4v) is 1.65. The van der Waals surface area contributed by atoms with Gasteiger partial charge in [-0.25, -0.2) is 0 Å². The van der Waals surface area contributed by atoms with E-state index in [-0.39, 0.29) is 0 Å². The summed E-state index contributed by atoms with van der Waals surface area (Å²) in [5.41, 5.74) is 2.53. The van der Waals surface area contributed by atoms with Crippen LogP contribution in [-0.2, 0) is 0 Å². The number of aryl methyl sites for hydroxylation is 1. The van der Waals surface area contributed by atoms with E-state index in [0.29, 0.717) is 10.7 Å². The van der Waals surface area contributed by atoms with Crippen LogP contribution in [0.2, 0.25) is 5.02 Å². The van der Waals surface area contributed by atoms with Crippen molar-refractivity contribution in [1.82, 2.24) is 4.98 Å². The SMILES string of the molecule is Cc1ccnc(C(O)c2ccc(Cl)cc2)c1. The van der Waals surface area contributed by atoms with Crippen LogP contribution >= 0.6 is 11.6 Å². The molecule has 0 saturated heterocycles. The Morgan fingerprint density at radius 1 is 1.19 bits per heavy atom. The molecule has 0 amide bonds. The first-order valence-corrected chi connectivity index (χ1v) is 5.41. The monoisotopic (exact) mass is 233 g/mol. The Kier molecular flexibility index (Phi) is 3.22. The van der Waals surface area contributed by atoms with Crippen LogP contribution in [0.4, 0.5) is 0 Å². The number of hydrogen-bond acceptors (Lipinski definition) is 2. The molecule has 0 fully saturated rings. The third-order valence-electron chi connectivity index (χ3n) is 2.40. The third kappa shape index (κ3) is 2.40. The average Bonchev–Trinajstić information content (AvgIpc) is 2.29. The van der Waals surface area contributed by atoms with Crippen LogP contribution in [0.15, 0.2) is 42.6 Å². The van der Waals surface area contributed by atoms with Gasteiger partial charge in [0.2, 0.25) is 0 Å². The summed E-state index contributed by atoms with van der Waals surface area (Å²) >= 11 is 5.79. The Balaban J connectivity index is 2.31. The fourth-order valence-electron chi connectivity index (χ4n) is 1.52. The van der Waals surface area contributed by atoms with Crippen molar-refractivity contribution in [2.75, 3.05) is 0 Å². The van der Waals surface area contributed by atoms with Crippen molar-refractivity contribution in [3.8, 4) is 0 Å². The topological polar surface area (TPSA) is 33.1 Å². The lowest BCUT2D eigenvalue weighted by atomic mass is 10.1. The molecule has 1 atom stereocenters. The first-order valence-electron chi connectivity index (χ1n) is 5.03. The summed E-state index contributed by atoms with van der Waals surface area (Å²) in [6.07, 6.45) is 1.00. The molecule has 0 spiro atoms. The standard InChI is InChI=1S/C13H12ClNO/c1-9-6-7-15-12(8-9)13(16)10-2-4-11(14)5-3-10/h2-8,13,16H,1H3. The quantitative estimate of drug-likeness (QED) is 0.865. The second kappa shape index (κ2) is 4.64. The zero-order chi connectivity index (χ0) is 11.5. The van der Waals surface area contributed by atoms with E-state index in [0.717, 1.165) is 11.1 Å². The third-order valence-corrected chi connectivity index (χ3v) is 2.65. The molecule has 0 aliphatic rings. The number of aliphatic hydroxyl groups is 1. The molecule has 82 valence electrons. The summed E-state index contributed by atoms with van der Waals surface area (Å²) in [6, 6.07) is 10.9. The van der Waals surface area contributed by atoms with Gasteiger partial charge >= 0.3 is 0 Å². The minimum absolute atomic E-state index is 0.655. The first kappa shape index (κ1) is 11.1. The molecule has 0 aliphatic carbocycles. The highest BCUT2D eigenvalue weighted by Crippen LogP contribution is 2.22. The Hall–Kier alpha value is -1.38. The molecular weight excluding hydrogens is 222 g/mol. The highest BCUT2D eigenvalue weighted by atomic mass is 35.5. The number of hydrogen-bond donors (Lipinski definition) is 1.